The van der Waals surface area contributed by atoms with Crippen molar-refractivity contribution in [2.24, 2.45) is 0 Å². The van der Waals surface area contributed by atoms with E-state index in [2.05, 4.69) is 0 Å². The maximum atomic E-state index is 10.9. The molecule has 5 heteroatoms. The van der Waals surface area contributed by atoms with Crippen molar-refractivity contribution in [1.29, 1.82) is 0 Å². The molecule has 1 aromatic rings. The van der Waals surface area contributed by atoms with Crippen LogP contribution in [-0.2, 0) is 11.2 Å². The lowest BCUT2D eigenvalue weighted by Gasteiger charge is -2.13. The summed E-state index contributed by atoms with van der Waals surface area (Å²) in [7, 11) is 0. The molecular formula is C12H13ClO4. The topological polar surface area (TPSA) is 74.6 Å². The molecule has 1 aromatic carbocycles. The van der Waals surface area contributed by atoms with Crippen LogP contribution in [0.4, 0.5) is 0 Å². The number of carbonyl (C=O) groups excluding carboxylic acids is 1. The summed E-state index contributed by atoms with van der Waals surface area (Å²) in [5.41, 5.74) is 1.21. The zero-order valence-corrected chi connectivity index (χ0v) is 9.85. The van der Waals surface area contributed by atoms with Gasteiger partial charge in [-0.1, -0.05) is 18.2 Å². The average molecular weight is 257 g/mol. The Morgan fingerprint density at radius 1 is 1.47 bits per heavy atom. The summed E-state index contributed by atoms with van der Waals surface area (Å²) in [5.74, 6) is -0.921. The Balaban J connectivity index is 3.18. The van der Waals surface area contributed by atoms with E-state index < -0.39 is 12.1 Å². The third-order valence-electron chi connectivity index (χ3n) is 2.46. The molecule has 0 spiro atoms. The minimum absolute atomic E-state index is 0.257. The molecule has 0 aromatic heterocycles. The minimum Gasteiger partial charge on any atom is -0.479 e. The first kappa shape index (κ1) is 13.7. The van der Waals surface area contributed by atoms with E-state index in [0.717, 1.165) is 0 Å². The highest BCUT2D eigenvalue weighted by molar-refractivity contribution is 6.17. The number of carboxylic acid groups (broad SMARTS) is 1. The Hall–Kier alpha value is -1.39. The first-order valence-electron chi connectivity index (χ1n) is 5.15. The lowest BCUT2D eigenvalue weighted by atomic mass is 9.94. The van der Waals surface area contributed by atoms with Crippen molar-refractivity contribution < 1.29 is 19.8 Å². The quantitative estimate of drug-likeness (QED) is 0.601. The van der Waals surface area contributed by atoms with Crippen molar-refractivity contribution in [3.05, 3.63) is 34.9 Å². The number of halogens is 1. The van der Waals surface area contributed by atoms with Gasteiger partial charge in [0, 0.05) is 11.4 Å². The number of carboxylic acids is 1. The molecule has 0 bridgehead atoms. The molecule has 0 amide bonds. The fraction of sp³-hybridized carbons (Fsp3) is 0.333. The van der Waals surface area contributed by atoms with Gasteiger partial charge in [-0.05, 0) is 24.0 Å². The zero-order valence-electron chi connectivity index (χ0n) is 9.10. The van der Waals surface area contributed by atoms with Gasteiger partial charge in [-0.25, -0.2) is 4.79 Å². The van der Waals surface area contributed by atoms with Gasteiger partial charge in [-0.15, -0.1) is 11.6 Å². The van der Waals surface area contributed by atoms with Gasteiger partial charge in [0.25, 0.3) is 0 Å². The lowest BCUT2D eigenvalue weighted by Crippen LogP contribution is -2.14. The number of alkyl halides is 1. The van der Waals surface area contributed by atoms with Gasteiger partial charge < -0.3 is 10.2 Å². The van der Waals surface area contributed by atoms with Crippen molar-refractivity contribution in [2.75, 3.05) is 5.88 Å². The van der Waals surface area contributed by atoms with Gasteiger partial charge in [-0.2, -0.15) is 0 Å². The Morgan fingerprint density at radius 2 is 2.18 bits per heavy atom. The summed E-state index contributed by atoms with van der Waals surface area (Å²) >= 11 is 5.57. The van der Waals surface area contributed by atoms with Crippen LogP contribution in [0.5, 0.6) is 0 Å². The van der Waals surface area contributed by atoms with E-state index in [0.29, 0.717) is 36.1 Å². The summed E-state index contributed by atoms with van der Waals surface area (Å²) < 4.78 is 0. The van der Waals surface area contributed by atoms with Crippen LogP contribution in [0.1, 0.15) is 34.0 Å². The number of hydrogen-bond acceptors (Lipinski definition) is 3. The number of rotatable bonds is 6. The molecule has 4 nitrogen and oxygen atoms in total. The van der Waals surface area contributed by atoms with E-state index in [9.17, 15) is 14.7 Å². The van der Waals surface area contributed by atoms with Crippen LogP contribution in [0, 0.1) is 0 Å². The van der Waals surface area contributed by atoms with E-state index in [1.807, 2.05) is 0 Å². The van der Waals surface area contributed by atoms with Crippen molar-refractivity contribution in [3.63, 3.8) is 0 Å². The van der Waals surface area contributed by atoms with Gasteiger partial charge in [-0.3, -0.25) is 4.79 Å². The summed E-state index contributed by atoms with van der Waals surface area (Å²) in [5, 5.41) is 18.3. The molecule has 92 valence electrons. The van der Waals surface area contributed by atoms with E-state index >= 15 is 0 Å². The molecule has 0 heterocycles. The Labute approximate surface area is 104 Å². The number of carbonyl (C=O) groups is 2. The largest absolute Gasteiger partial charge is 0.479 e. The molecule has 1 unspecified atom stereocenters. The number of aliphatic hydroxyl groups excluding tert-OH is 1. The van der Waals surface area contributed by atoms with Crippen molar-refractivity contribution in [3.8, 4) is 0 Å². The van der Waals surface area contributed by atoms with Crippen LogP contribution in [0.15, 0.2) is 18.2 Å². The highest BCUT2D eigenvalue weighted by Gasteiger charge is 2.20. The van der Waals surface area contributed by atoms with Gasteiger partial charge in [0.05, 0.1) is 0 Å². The lowest BCUT2D eigenvalue weighted by molar-refractivity contribution is -0.147. The van der Waals surface area contributed by atoms with E-state index in [1.165, 1.54) is 6.07 Å². The average Bonchev–Trinajstić information content (AvgIpc) is 2.34. The van der Waals surface area contributed by atoms with E-state index in [1.54, 1.807) is 12.1 Å². The smallest absolute Gasteiger partial charge is 0.337 e. The first-order valence-corrected chi connectivity index (χ1v) is 5.69. The highest BCUT2D eigenvalue weighted by Crippen LogP contribution is 2.22. The van der Waals surface area contributed by atoms with Crippen LogP contribution in [0.25, 0.3) is 0 Å². The third kappa shape index (κ3) is 3.28. The molecule has 0 saturated heterocycles. The normalized spacial score (nSPS) is 12.1. The second-order valence-electron chi connectivity index (χ2n) is 3.57. The van der Waals surface area contributed by atoms with Gasteiger partial charge >= 0.3 is 5.97 Å². The molecular weight excluding hydrogens is 244 g/mol. The van der Waals surface area contributed by atoms with Crippen molar-refractivity contribution >= 4 is 23.9 Å². The SMILES string of the molecule is O=Cc1cccc(C(O)C(=O)O)c1CCCCl. The van der Waals surface area contributed by atoms with Crippen LogP contribution >= 0.6 is 11.6 Å². The molecule has 1 rings (SSSR count). The third-order valence-corrected chi connectivity index (χ3v) is 2.73. The number of benzene rings is 1. The molecule has 1 atom stereocenters. The predicted octanol–water partition coefficient (Wildman–Crippen LogP) is 1.79. The standard InChI is InChI=1S/C12H13ClO4/c13-6-2-5-9-8(7-14)3-1-4-10(9)11(15)12(16)17/h1,3-4,7,11,15H,2,5-6H2,(H,16,17). The van der Waals surface area contributed by atoms with E-state index in [4.69, 9.17) is 16.7 Å². The van der Waals surface area contributed by atoms with Crippen molar-refractivity contribution in [1.82, 2.24) is 0 Å². The minimum atomic E-state index is -1.61. The van der Waals surface area contributed by atoms with Gasteiger partial charge in [0.1, 0.15) is 6.29 Å². The second-order valence-corrected chi connectivity index (χ2v) is 3.94. The number of aliphatic carboxylic acids is 1. The Bertz CT molecular complexity index is 417. The van der Waals surface area contributed by atoms with Gasteiger partial charge in [0.15, 0.2) is 6.10 Å². The van der Waals surface area contributed by atoms with E-state index in [-0.39, 0.29) is 5.56 Å². The van der Waals surface area contributed by atoms with Crippen LogP contribution in [0.3, 0.4) is 0 Å². The summed E-state index contributed by atoms with van der Waals surface area (Å²) in [6.07, 6.45) is 0.131. The van der Waals surface area contributed by atoms with Gasteiger partial charge in [0.2, 0.25) is 0 Å². The first-order chi connectivity index (χ1) is 8.11. The fourth-order valence-corrected chi connectivity index (χ4v) is 1.79. The molecule has 0 fully saturated rings. The summed E-state index contributed by atoms with van der Waals surface area (Å²) in [6.45, 7) is 0. The monoisotopic (exact) mass is 256 g/mol. The molecule has 2 N–H and O–H groups in total. The number of aliphatic hydroxyl groups is 1. The van der Waals surface area contributed by atoms with Crippen molar-refractivity contribution in [2.45, 2.75) is 18.9 Å². The Kier molecular flexibility index (Phi) is 5.12. The molecule has 17 heavy (non-hydrogen) atoms. The predicted molar refractivity (Wildman–Crippen MR) is 63.5 cm³/mol. The summed E-state index contributed by atoms with van der Waals surface area (Å²) in [6, 6.07) is 4.65. The zero-order chi connectivity index (χ0) is 12.8. The number of aldehydes is 1. The summed E-state index contributed by atoms with van der Waals surface area (Å²) in [4.78, 5) is 21.6. The molecule has 0 saturated carbocycles. The maximum absolute atomic E-state index is 10.9. The molecule has 0 aliphatic heterocycles. The second kappa shape index (κ2) is 6.37. The molecule has 0 aliphatic carbocycles. The number of hydrogen-bond donors (Lipinski definition) is 2. The van der Waals surface area contributed by atoms with Crippen LogP contribution < -0.4 is 0 Å². The molecule has 0 radical (unpaired) electrons. The Morgan fingerprint density at radius 3 is 2.71 bits per heavy atom. The maximum Gasteiger partial charge on any atom is 0.337 e. The fourth-order valence-electron chi connectivity index (χ4n) is 1.66. The van der Waals surface area contributed by atoms with Crippen LogP contribution in [-0.4, -0.2) is 28.3 Å². The highest BCUT2D eigenvalue weighted by atomic mass is 35.5. The molecule has 0 aliphatic rings. The van der Waals surface area contributed by atoms with Crippen LogP contribution in [0.2, 0.25) is 0 Å².